The van der Waals surface area contributed by atoms with Gasteiger partial charge in [-0.15, -0.1) is 5.10 Å². The second-order valence-electron chi connectivity index (χ2n) is 7.29. The Kier molecular flexibility index (Phi) is 7.07. The number of carbonyl (C=O) groups excluding carboxylic acids is 1. The highest BCUT2D eigenvalue weighted by Crippen LogP contribution is 2.37. The second-order valence-corrected chi connectivity index (χ2v) is 8.16. The fourth-order valence-corrected chi connectivity index (χ4v) is 3.39. The number of ether oxygens (including phenoxy) is 1. The van der Waals surface area contributed by atoms with Crippen LogP contribution in [0.1, 0.15) is 11.1 Å². The smallest absolute Gasteiger partial charge is 0.278 e. The van der Waals surface area contributed by atoms with Gasteiger partial charge in [-0.2, -0.15) is 5.10 Å². The van der Waals surface area contributed by atoms with E-state index < -0.39 is 5.91 Å². The molecule has 1 amide bonds. The fraction of sp³-hybridized carbons (Fsp3) is 0.0800. The highest BCUT2D eigenvalue weighted by Gasteiger charge is 2.19. The van der Waals surface area contributed by atoms with Crippen LogP contribution in [0.5, 0.6) is 5.88 Å². The first kappa shape index (κ1) is 22.6. The zero-order valence-electron chi connectivity index (χ0n) is 17.7. The summed E-state index contributed by atoms with van der Waals surface area (Å²) in [6.45, 7) is 1.77. The molecular formula is C25H20Cl2N4O2. The number of carbonyl (C=O) groups is 1. The lowest BCUT2D eigenvalue weighted by atomic mass is 10.0. The number of rotatable bonds is 7. The SMILES string of the molecule is Cc1ccc(-c2c(OCC(=O)N/N=C/c3ccc(Cl)cc3)n[nH]c2-c2ccc(Cl)cc2)cc1. The van der Waals surface area contributed by atoms with Gasteiger partial charge in [-0.3, -0.25) is 9.89 Å². The lowest BCUT2D eigenvalue weighted by molar-refractivity contribution is -0.123. The number of nitrogens with zero attached hydrogens (tertiary/aromatic N) is 2. The summed E-state index contributed by atoms with van der Waals surface area (Å²) in [6, 6.07) is 22.5. The van der Waals surface area contributed by atoms with Crippen molar-refractivity contribution in [1.29, 1.82) is 0 Å². The molecule has 0 saturated heterocycles. The van der Waals surface area contributed by atoms with Gasteiger partial charge in [-0.25, -0.2) is 5.43 Å². The minimum absolute atomic E-state index is 0.248. The minimum atomic E-state index is -0.411. The first-order valence-corrected chi connectivity index (χ1v) is 10.9. The molecular weight excluding hydrogens is 459 g/mol. The molecule has 0 saturated carbocycles. The van der Waals surface area contributed by atoms with Crippen LogP contribution in [0.15, 0.2) is 77.9 Å². The van der Waals surface area contributed by atoms with Gasteiger partial charge in [0.25, 0.3) is 5.91 Å². The van der Waals surface area contributed by atoms with Gasteiger partial charge < -0.3 is 4.74 Å². The Morgan fingerprint density at radius 3 is 2.24 bits per heavy atom. The summed E-state index contributed by atoms with van der Waals surface area (Å²) in [5.74, 6) is -0.0910. The van der Waals surface area contributed by atoms with E-state index in [-0.39, 0.29) is 6.61 Å². The zero-order valence-corrected chi connectivity index (χ0v) is 19.2. The van der Waals surface area contributed by atoms with E-state index in [9.17, 15) is 4.79 Å². The highest BCUT2D eigenvalue weighted by atomic mass is 35.5. The van der Waals surface area contributed by atoms with Gasteiger partial charge in [0, 0.05) is 15.6 Å². The van der Waals surface area contributed by atoms with Crippen molar-refractivity contribution in [2.24, 2.45) is 5.10 Å². The van der Waals surface area contributed by atoms with E-state index in [1.165, 1.54) is 6.21 Å². The van der Waals surface area contributed by atoms with Gasteiger partial charge in [-0.1, -0.05) is 77.3 Å². The van der Waals surface area contributed by atoms with Crippen LogP contribution in [0.25, 0.3) is 22.4 Å². The Labute approximate surface area is 201 Å². The molecule has 6 nitrogen and oxygen atoms in total. The molecule has 1 heterocycles. The molecule has 0 atom stereocenters. The molecule has 1 aromatic heterocycles. The summed E-state index contributed by atoms with van der Waals surface area (Å²) in [5.41, 5.74) is 7.73. The Morgan fingerprint density at radius 2 is 1.58 bits per heavy atom. The van der Waals surface area contributed by atoms with E-state index in [0.29, 0.717) is 15.9 Å². The van der Waals surface area contributed by atoms with Crippen molar-refractivity contribution in [2.75, 3.05) is 6.61 Å². The molecule has 0 bridgehead atoms. The molecule has 4 aromatic rings. The average Bonchev–Trinajstić information content (AvgIpc) is 3.24. The molecule has 166 valence electrons. The number of aromatic nitrogens is 2. The number of H-pyrrole nitrogens is 1. The van der Waals surface area contributed by atoms with Crippen molar-refractivity contribution in [3.8, 4) is 28.3 Å². The Hall–Kier alpha value is -3.61. The van der Waals surface area contributed by atoms with E-state index in [1.807, 2.05) is 55.5 Å². The van der Waals surface area contributed by atoms with Crippen molar-refractivity contribution in [3.05, 3.63) is 94.0 Å². The third-order valence-electron chi connectivity index (χ3n) is 4.82. The quantitative estimate of drug-likeness (QED) is 0.256. The second kappa shape index (κ2) is 10.3. The van der Waals surface area contributed by atoms with Crippen LogP contribution in [0.4, 0.5) is 0 Å². The van der Waals surface area contributed by atoms with Gasteiger partial charge in [0.15, 0.2) is 6.61 Å². The van der Waals surface area contributed by atoms with Crippen LogP contribution < -0.4 is 10.2 Å². The molecule has 0 fully saturated rings. The molecule has 0 aliphatic rings. The number of amides is 1. The molecule has 0 unspecified atom stereocenters. The molecule has 0 radical (unpaired) electrons. The van der Waals surface area contributed by atoms with Crippen LogP contribution in [-0.2, 0) is 4.79 Å². The van der Waals surface area contributed by atoms with Gasteiger partial charge >= 0.3 is 0 Å². The Balaban J connectivity index is 1.51. The number of hydrogen-bond donors (Lipinski definition) is 2. The zero-order chi connectivity index (χ0) is 23.2. The maximum Gasteiger partial charge on any atom is 0.278 e. The van der Waals surface area contributed by atoms with Crippen molar-refractivity contribution in [1.82, 2.24) is 15.6 Å². The number of halogens is 2. The largest absolute Gasteiger partial charge is 0.466 e. The normalized spacial score (nSPS) is 11.0. The number of hydrogen-bond acceptors (Lipinski definition) is 4. The third kappa shape index (κ3) is 5.80. The van der Waals surface area contributed by atoms with Gasteiger partial charge in [-0.05, 0) is 42.3 Å². The van der Waals surface area contributed by atoms with Crippen LogP contribution in [0.2, 0.25) is 10.0 Å². The Bertz CT molecular complexity index is 1270. The topological polar surface area (TPSA) is 79.4 Å². The van der Waals surface area contributed by atoms with Crippen molar-refractivity contribution in [3.63, 3.8) is 0 Å². The summed E-state index contributed by atoms with van der Waals surface area (Å²) >= 11 is 11.9. The summed E-state index contributed by atoms with van der Waals surface area (Å²) in [6.07, 6.45) is 1.53. The molecule has 0 aliphatic heterocycles. The lowest BCUT2D eigenvalue weighted by Crippen LogP contribution is -2.24. The van der Waals surface area contributed by atoms with Crippen LogP contribution in [0.3, 0.4) is 0 Å². The summed E-state index contributed by atoms with van der Waals surface area (Å²) < 4.78 is 5.76. The fourth-order valence-electron chi connectivity index (χ4n) is 3.14. The molecule has 0 spiro atoms. The van der Waals surface area contributed by atoms with Crippen molar-refractivity contribution in [2.45, 2.75) is 6.92 Å². The number of aryl methyl sites for hydroxylation is 1. The van der Waals surface area contributed by atoms with E-state index in [0.717, 1.165) is 33.5 Å². The number of benzene rings is 3. The highest BCUT2D eigenvalue weighted by molar-refractivity contribution is 6.30. The average molecular weight is 479 g/mol. The van der Waals surface area contributed by atoms with Gasteiger partial charge in [0.05, 0.1) is 17.5 Å². The summed E-state index contributed by atoms with van der Waals surface area (Å²) in [5, 5.41) is 12.6. The molecule has 2 N–H and O–H groups in total. The molecule has 8 heteroatoms. The number of aromatic amines is 1. The Morgan fingerprint density at radius 1 is 0.970 bits per heavy atom. The number of hydrazone groups is 1. The first-order valence-electron chi connectivity index (χ1n) is 10.1. The van der Waals surface area contributed by atoms with Crippen LogP contribution >= 0.6 is 23.2 Å². The number of nitrogens with one attached hydrogen (secondary N) is 2. The first-order chi connectivity index (χ1) is 16.0. The molecule has 0 aliphatic carbocycles. The van der Waals surface area contributed by atoms with Gasteiger partial charge in [0.2, 0.25) is 5.88 Å². The maximum absolute atomic E-state index is 12.2. The molecule has 4 rings (SSSR count). The predicted molar refractivity (Wildman–Crippen MR) is 132 cm³/mol. The summed E-state index contributed by atoms with van der Waals surface area (Å²) in [7, 11) is 0. The standard InChI is InChI=1S/C25H20Cl2N4O2/c1-16-2-6-18(7-3-16)23-24(19-8-12-21(27)13-9-19)30-31-25(23)33-15-22(32)29-28-14-17-4-10-20(26)11-5-17/h2-14H,15H2,1H3,(H,29,32)(H,30,31)/b28-14+. The van der Waals surface area contributed by atoms with E-state index in [2.05, 4.69) is 20.7 Å². The predicted octanol–water partition coefficient (Wildman–Crippen LogP) is 5.89. The summed E-state index contributed by atoms with van der Waals surface area (Å²) in [4.78, 5) is 12.2. The minimum Gasteiger partial charge on any atom is -0.466 e. The van der Waals surface area contributed by atoms with Crippen LogP contribution in [0, 0.1) is 6.92 Å². The monoisotopic (exact) mass is 478 g/mol. The van der Waals surface area contributed by atoms with Crippen molar-refractivity contribution < 1.29 is 9.53 Å². The van der Waals surface area contributed by atoms with Gasteiger partial charge in [0.1, 0.15) is 0 Å². The molecule has 3 aromatic carbocycles. The molecule has 33 heavy (non-hydrogen) atoms. The van der Waals surface area contributed by atoms with E-state index >= 15 is 0 Å². The maximum atomic E-state index is 12.2. The lowest BCUT2D eigenvalue weighted by Gasteiger charge is -2.08. The van der Waals surface area contributed by atoms with E-state index in [1.54, 1.807) is 24.3 Å². The van der Waals surface area contributed by atoms with Crippen molar-refractivity contribution >= 4 is 35.3 Å². The van der Waals surface area contributed by atoms with Crippen LogP contribution in [-0.4, -0.2) is 28.9 Å². The third-order valence-corrected chi connectivity index (χ3v) is 5.32. The van der Waals surface area contributed by atoms with E-state index in [4.69, 9.17) is 27.9 Å².